The van der Waals surface area contributed by atoms with E-state index in [0.717, 1.165) is 5.75 Å². The van der Waals surface area contributed by atoms with Crippen molar-refractivity contribution in [2.24, 2.45) is 0 Å². The quantitative estimate of drug-likeness (QED) is 0.603. The summed E-state index contributed by atoms with van der Waals surface area (Å²) in [6, 6.07) is 7.84. The highest BCUT2D eigenvalue weighted by Crippen LogP contribution is 2.13. The maximum atomic E-state index is 5.41. The molecular formula is C11H12O. The minimum Gasteiger partial charge on any atom is -0.478 e. The lowest BCUT2D eigenvalue weighted by Crippen LogP contribution is -2.07. The van der Waals surface area contributed by atoms with Crippen molar-refractivity contribution >= 4 is 0 Å². The molecule has 0 spiro atoms. The summed E-state index contributed by atoms with van der Waals surface area (Å²) in [6.07, 6.45) is 5.02. The van der Waals surface area contributed by atoms with Gasteiger partial charge in [0.2, 0.25) is 0 Å². The van der Waals surface area contributed by atoms with Crippen molar-refractivity contribution in [2.75, 3.05) is 0 Å². The number of terminal acetylenes is 1. The first-order chi connectivity index (χ1) is 5.72. The number of aryl methyl sites for hydroxylation is 1. The van der Waals surface area contributed by atoms with Crippen LogP contribution in [0.2, 0.25) is 0 Å². The molecule has 12 heavy (non-hydrogen) atoms. The summed E-state index contributed by atoms with van der Waals surface area (Å²) < 4.78 is 5.41. The van der Waals surface area contributed by atoms with Crippen molar-refractivity contribution in [3.05, 3.63) is 29.8 Å². The molecule has 0 aromatic heterocycles. The Hall–Kier alpha value is -1.42. The summed E-state index contributed by atoms with van der Waals surface area (Å²) >= 11 is 0. The average molecular weight is 160 g/mol. The van der Waals surface area contributed by atoms with Crippen molar-refractivity contribution in [3.8, 4) is 18.1 Å². The number of hydrogen-bond acceptors (Lipinski definition) is 1. The van der Waals surface area contributed by atoms with E-state index in [9.17, 15) is 0 Å². The molecule has 1 atom stereocenters. The fraction of sp³-hybridized carbons (Fsp3) is 0.273. The van der Waals surface area contributed by atoms with Gasteiger partial charge in [0.25, 0.3) is 0 Å². The van der Waals surface area contributed by atoms with Gasteiger partial charge in [0, 0.05) is 0 Å². The van der Waals surface area contributed by atoms with Crippen molar-refractivity contribution in [1.82, 2.24) is 0 Å². The highest BCUT2D eigenvalue weighted by atomic mass is 16.5. The Kier molecular flexibility index (Phi) is 2.76. The van der Waals surface area contributed by atoms with Crippen LogP contribution in [-0.4, -0.2) is 6.10 Å². The molecule has 0 saturated carbocycles. The van der Waals surface area contributed by atoms with Crippen LogP contribution < -0.4 is 4.74 Å². The predicted octanol–water partition coefficient (Wildman–Crippen LogP) is 2.40. The van der Waals surface area contributed by atoms with Crippen LogP contribution in [0.3, 0.4) is 0 Å². The van der Waals surface area contributed by atoms with E-state index in [1.165, 1.54) is 5.56 Å². The van der Waals surface area contributed by atoms with Gasteiger partial charge >= 0.3 is 0 Å². The lowest BCUT2D eigenvalue weighted by Gasteiger charge is -2.08. The van der Waals surface area contributed by atoms with Crippen molar-refractivity contribution in [3.63, 3.8) is 0 Å². The fourth-order valence-corrected chi connectivity index (χ4v) is 0.927. The van der Waals surface area contributed by atoms with E-state index in [-0.39, 0.29) is 6.10 Å². The van der Waals surface area contributed by atoms with E-state index < -0.39 is 0 Å². The average Bonchev–Trinajstić information content (AvgIpc) is 2.04. The van der Waals surface area contributed by atoms with E-state index in [1.807, 2.05) is 38.1 Å². The molecule has 1 rings (SSSR count). The van der Waals surface area contributed by atoms with Crippen LogP contribution >= 0.6 is 0 Å². The molecule has 1 aromatic carbocycles. The summed E-state index contributed by atoms with van der Waals surface area (Å²) in [4.78, 5) is 0. The Morgan fingerprint density at radius 3 is 2.83 bits per heavy atom. The molecule has 62 valence electrons. The van der Waals surface area contributed by atoms with E-state index in [4.69, 9.17) is 11.2 Å². The Morgan fingerprint density at radius 2 is 2.25 bits per heavy atom. The molecule has 0 saturated heterocycles. The third-order valence-corrected chi connectivity index (χ3v) is 1.54. The summed E-state index contributed by atoms with van der Waals surface area (Å²) in [7, 11) is 0. The second-order valence-electron chi connectivity index (χ2n) is 2.74. The molecule has 0 N–H and O–H groups in total. The highest BCUT2D eigenvalue weighted by molar-refractivity contribution is 5.28. The summed E-state index contributed by atoms with van der Waals surface area (Å²) in [5, 5.41) is 0. The molecule has 1 nitrogen and oxygen atoms in total. The SMILES string of the molecule is C#CC(C)Oc1cccc(C)c1. The first-order valence-corrected chi connectivity index (χ1v) is 3.92. The van der Waals surface area contributed by atoms with Crippen LogP contribution in [0.25, 0.3) is 0 Å². The molecule has 0 amide bonds. The van der Waals surface area contributed by atoms with Crippen molar-refractivity contribution in [2.45, 2.75) is 20.0 Å². The van der Waals surface area contributed by atoms with Crippen molar-refractivity contribution in [1.29, 1.82) is 0 Å². The third kappa shape index (κ3) is 2.32. The minimum atomic E-state index is -0.160. The lowest BCUT2D eigenvalue weighted by atomic mass is 10.2. The van der Waals surface area contributed by atoms with Gasteiger partial charge in [-0.3, -0.25) is 0 Å². The molecule has 0 aliphatic carbocycles. The first-order valence-electron chi connectivity index (χ1n) is 3.92. The monoisotopic (exact) mass is 160 g/mol. The maximum Gasteiger partial charge on any atom is 0.156 e. The molecule has 0 aliphatic heterocycles. The van der Waals surface area contributed by atoms with Gasteiger partial charge in [-0.2, -0.15) is 0 Å². The Balaban J connectivity index is 2.71. The lowest BCUT2D eigenvalue weighted by molar-refractivity contribution is 0.279. The van der Waals surface area contributed by atoms with Gasteiger partial charge in [0.15, 0.2) is 6.10 Å². The molecule has 0 fully saturated rings. The normalized spacial score (nSPS) is 11.8. The molecule has 0 bridgehead atoms. The number of hydrogen-bond donors (Lipinski definition) is 0. The molecule has 0 heterocycles. The minimum absolute atomic E-state index is 0.160. The third-order valence-electron chi connectivity index (χ3n) is 1.54. The number of rotatable bonds is 2. The fourth-order valence-electron chi connectivity index (χ4n) is 0.927. The van der Waals surface area contributed by atoms with Gasteiger partial charge in [-0.15, -0.1) is 6.42 Å². The molecule has 0 radical (unpaired) electrons. The van der Waals surface area contributed by atoms with Gasteiger partial charge in [-0.25, -0.2) is 0 Å². The van der Waals surface area contributed by atoms with E-state index in [2.05, 4.69) is 5.92 Å². The van der Waals surface area contributed by atoms with Gasteiger partial charge in [-0.1, -0.05) is 18.1 Å². The predicted molar refractivity (Wildman–Crippen MR) is 50.1 cm³/mol. The largest absolute Gasteiger partial charge is 0.478 e. The summed E-state index contributed by atoms with van der Waals surface area (Å²) in [6.45, 7) is 3.87. The van der Waals surface area contributed by atoms with Gasteiger partial charge < -0.3 is 4.74 Å². The Morgan fingerprint density at radius 1 is 1.50 bits per heavy atom. The summed E-state index contributed by atoms with van der Waals surface area (Å²) in [5.74, 6) is 3.34. The second kappa shape index (κ2) is 3.82. The van der Waals surface area contributed by atoms with Crippen LogP contribution in [0, 0.1) is 19.3 Å². The van der Waals surface area contributed by atoms with Crippen LogP contribution in [0.5, 0.6) is 5.75 Å². The molecule has 1 unspecified atom stereocenters. The van der Waals surface area contributed by atoms with Crippen LogP contribution in [0.4, 0.5) is 0 Å². The smallest absolute Gasteiger partial charge is 0.156 e. The Bertz CT molecular complexity index is 296. The number of benzene rings is 1. The van der Waals surface area contributed by atoms with Crippen LogP contribution in [-0.2, 0) is 0 Å². The van der Waals surface area contributed by atoms with Gasteiger partial charge in [-0.05, 0) is 31.5 Å². The summed E-state index contributed by atoms with van der Waals surface area (Å²) in [5.41, 5.74) is 1.18. The van der Waals surface area contributed by atoms with E-state index >= 15 is 0 Å². The maximum absolute atomic E-state index is 5.41. The zero-order valence-corrected chi connectivity index (χ0v) is 7.37. The van der Waals surface area contributed by atoms with E-state index in [1.54, 1.807) is 0 Å². The molecule has 0 aliphatic rings. The first kappa shape index (κ1) is 8.67. The molecular weight excluding hydrogens is 148 g/mol. The zero-order valence-electron chi connectivity index (χ0n) is 7.37. The molecule has 1 heteroatoms. The van der Waals surface area contributed by atoms with E-state index in [0.29, 0.717) is 0 Å². The standard InChI is InChI=1S/C11H12O/c1-4-10(3)12-11-7-5-6-9(2)8-11/h1,5-8,10H,2-3H3. The van der Waals surface area contributed by atoms with Gasteiger partial charge in [0.05, 0.1) is 0 Å². The Labute approximate surface area is 73.4 Å². The van der Waals surface area contributed by atoms with Gasteiger partial charge in [0.1, 0.15) is 5.75 Å². The zero-order chi connectivity index (χ0) is 8.97. The highest BCUT2D eigenvalue weighted by Gasteiger charge is 1.97. The van der Waals surface area contributed by atoms with Crippen LogP contribution in [0.15, 0.2) is 24.3 Å². The molecule has 1 aromatic rings. The number of ether oxygens (including phenoxy) is 1. The van der Waals surface area contributed by atoms with Crippen LogP contribution in [0.1, 0.15) is 12.5 Å². The second-order valence-corrected chi connectivity index (χ2v) is 2.74. The topological polar surface area (TPSA) is 9.23 Å². The van der Waals surface area contributed by atoms with Crippen molar-refractivity contribution < 1.29 is 4.74 Å².